The standard InChI is InChI=1S/C26H21ClN4O2S/c1-17(32)30(18-10-4-3-5-11-18)26-28-21(16-34-26)24-29(2)22-14-8-6-12-19(22)25(33)31(24)23-15-9-7-13-20(23)27/h3-16,24H,1-2H3. The number of para-hydroxylation sites is 3. The van der Waals surface area contributed by atoms with Crippen molar-refractivity contribution in [3.05, 3.63) is 101 Å². The Bertz CT molecular complexity index is 1370. The number of hydrogen-bond donors (Lipinski definition) is 0. The fraction of sp³-hybridized carbons (Fsp3) is 0.115. The smallest absolute Gasteiger partial charge is 0.262 e. The van der Waals surface area contributed by atoms with Crippen LogP contribution in [0.5, 0.6) is 0 Å². The number of benzene rings is 3. The first-order chi connectivity index (χ1) is 16.5. The summed E-state index contributed by atoms with van der Waals surface area (Å²) in [6, 6.07) is 24.2. The van der Waals surface area contributed by atoms with E-state index in [1.165, 1.54) is 18.3 Å². The second-order valence-electron chi connectivity index (χ2n) is 7.87. The number of carbonyl (C=O) groups is 2. The SMILES string of the molecule is CC(=O)N(c1ccccc1)c1nc(C2N(C)c3ccccc3C(=O)N2c2ccccc2Cl)cs1. The van der Waals surface area contributed by atoms with E-state index in [0.29, 0.717) is 27.1 Å². The fourth-order valence-corrected chi connectivity index (χ4v) is 5.35. The minimum Gasteiger partial charge on any atom is -0.348 e. The zero-order valence-electron chi connectivity index (χ0n) is 18.6. The Kier molecular flexibility index (Phi) is 5.81. The molecule has 1 unspecified atom stereocenters. The van der Waals surface area contributed by atoms with Crippen LogP contribution in [0.2, 0.25) is 5.02 Å². The van der Waals surface area contributed by atoms with Crippen LogP contribution in [-0.4, -0.2) is 23.8 Å². The molecule has 4 aromatic rings. The highest BCUT2D eigenvalue weighted by molar-refractivity contribution is 7.14. The van der Waals surface area contributed by atoms with Crippen molar-refractivity contribution in [1.29, 1.82) is 0 Å². The molecule has 6 nitrogen and oxygen atoms in total. The van der Waals surface area contributed by atoms with E-state index in [-0.39, 0.29) is 11.8 Å². The van der Waals surface area contributed by atoms with E-state index in [4.69, 9.17) is 16.6 Å². The molecule has 34 heavy (non-hydrogen) atoms. The molecule has 0 saturated heterocycles. The highest BCUT2D eigenvalue weighted by Gasteiger charge is 2.40. The molecule has 1 aliphatic rings. The molecule has 0 aliphatic carbocycles. The maximum atomic E-state index is 13.7. The maximum absolute atomic E-state index is 13.7. The third-order valence-corrected chi connectivity index (χ3v) is 6.92. The van der Waals surface area contributed by atoms with Crippen molar-refractivity contribution in [3.63, 3.8) is 0 Å². The third kappa shape index (κ3) is 3.73. The Hall–Kier alpha value is -3.68. The van der Waals surface area contributed by atoms with Gasteiger partial charge in [0, 0.05) is 19.4 Å². The lowest BCUT2D eigenvalue weighted by molar-refractivity contribution is -0.115. The highest BCUT2D eigenvalue weighted by atomic mass is 35.5. The van der Waals surface area contributed by atoms with E-state index in [2.05, 4.69) is 0 Å². The number of fused-ring (bicyclic) bond motifs is 1. The van der Waals surface area contributed by atoms with Crippen LogP contribution in [0, 0.1) is 0 Å². The Balaban J connectivity index is 1.64. The average Bonchev–Trinajstić information content (AvgIpc) is 3.31. The van der Waals surface area contributed by atoms with Crippen LogP contribution in [0.4, 0.5) is 22.2 Å². The van der Waals surface area contributed by atoms with E-state index in [1.807, 2.05) is 90.1 Å². The van der Waals surface area contributed by atoms with Gasteiger partial charge in [-0.15, -0.1) is 11.3 Å². The summed E-state index contributed by atoms with van der Waals surface area (Å²) >= 11 is 7.90. The normalized spacial score (nSPS) is 15.3. The summed E-state index contributed by atoms with van der Waals surface area (Å²) in [5.41, 5.74) is 3.37. The largest absolute Gasteiger partial charge is 0.348 e. The number of halogens is 1. The minimum atomic E-state index is -0.545. The van der Waals surface area contributed by atoms with Gasteiger partial charge in [-0.05, 0) is 36.4 Å². The van der Waals surface area contributed by atoms with Crippen molar-refractivity contribution in [2.75, 3.05) is 21.7 Å². The number of carbonyl (C=O) groups excluding carboxylic acids is 2. The lowest BCUT2D eigenvalue weighted by atomic mass is 10.0. The molecule has 1 aromatic heterocycles. The molecular formula is C26H21ClN4O2S. The third-order valence-electron chi connectivity index (χ3n) is 5.75. The van der Waals surface area contributed by atoms with E-state index in [9.17, 15) is 9.59 Å². The van der Waals surface area contributed by atoms with Crippen LogP contribution in [0.25, 0.3) is 0 Å². The summed E-state index contributed by atoms with van der Waals surface area (Å²) in [5, 5.41) is 2.90. The number of nitrogens with zero attached hydrogens (tertiary/aromatic N) is 4. The predicted molar refractivity (Wildman–Crippen MR) is 137 cm³/mol. The lowest BCUT2D eigenvalue weighted by Crippen LogP contribution is -2.48. The number of aromatic nitrogens is 1. The molecule has 5 rings (SSSR count). The van der Waals surface area contributed by atoms with E-state index in [1.54, 1.807) is 15.9 Å². The summed E-state index contributed by atoms with van der Waals surface area (Å²) in [4.78, 5) is 36.4. The first-order valence-corrected chi connectivity index (χ1v) is 11.9. The summed E-state index contributed by atoms with van der Waals surface area (Å²) in [5.74, 6) is -0.304. The van der Waals surface area contributed by atoms with Gasteiger partial charge in [-0.2, -0.15) is 0 Å². The van der Waals surface area contributed by atoms with Crippen LogP contribution < -0.4 is 14.7 Å². The molecule has 0 bridgehead atoms. The first kappa shape index (κ1) is 22.1. The molecule has 0 fully saturated rings. The number of anilines is 4. The zero-order valence-corrected chi connectivity index (χ0v) is 20.1. The van der Waals surface area contributed by atoms with E-state index in [0.717, 1.165) is 11.4 Å². The van der Waals surface area contributed by atoms with Crippen LogP contribution in [0.1, 0.15) is 29.1 Å². The number of hydrogen-bond acceptors (Lipinski definition) is 5. The molecule has 2 heterocycles. The Morgan fingerprint density at radius 1 is 0.971 bits per heavy atom. The minimum absolute atomic E-state index is 0.145. The van der Waals surface area contributed by atoms with Crippen LogP contribution in [-0.2, 0) is 4.79 Å². The van der Waals surface area contributed by atoms with Gasteiger partial charge in [0.2, 0.25) is 5.91 Å². The topological polar surface area (TPSA) is 56.8 Å². The zero-order chi connectivity index (χ0) is 23.8. The first-order valence-electron chi connectivity index (χ1n) is 10.7. The molecule has 1 atom stereocenters. The predicted octanol–water partition coefficient (Wildman–Crippen LogP) is 6.28. The van der Waals surface area contributed by atoms with Gasteiger partial charge in [0.25, 0.3) is 5.91 Å². The van der Waals surface area contributed by atoms with Gasteiger partial charge in [0.1, 0.15) is 0 Å². The van der Waals surface area contributed by atoms with Crippen LogP contribution in [0.3, 0.4) is 0 Å². The van der Waals surface area contributed by atoms with Crippen molar-refractivity contribution in [3.8, 4) is 0 Å². The molecule has 0 spiro atoms. The van der Waals surface area contributed by atoms with Crippen molar-refractivity contribution in [2.24, 2.45) is 0 Å². The molecule has 170 valence electrons. The monoisotopic (exact) mass is 488 g/mol. The molecule has 0 N–H and O–H groups in total. The molecule has 3 aromatic carbocycles. The summed E-state index contributed by atoms with van der Waals surface area (Å²) in [6.07, 6.45) is -0.545. The van der Waals surface area contributed by atoms with Gasteiger partial charge in [0.15, 0.2) is 11.3 Å². The number of rotatable bonds is 4. The second-order valence-corrected chi connectivity index (χ2v) is 9.12. The van der Waals surface area contributed by atoms with Crippen molar-refractivity contribution >= 4 is 56.9 Å². The summed E-state index contributed by atoms with van der Waals surface area (Å²) in [7, 11) is 1.93. The molecular weight excluding hydrogens is 468 g/mol. The fourth-order valence-electron chi connectivity index (χ4n) is 4.23. The van der Waals surface area contributed by atoms with Gasteiger partial charge in [0.05, 0.1) is 33.3 Å². The Morgan fingerprint density at radius 2 is 1.62 bits per heavy atom. The highest BCUT2D eigenvalue weighted by Crippen LogP contribution is 2.43. The maximum Gasteiger partial charge on any atom is 0.262 e. The molecule has 8 heteroatoms. The quantitative estimate of drug-likeness (QED) is 0.339. The van der Waals surface area contributed by atoms with Crippen molar-refractivity contribution < 1.29 is 9.59 Å². The molecule has 0 radical (unpaired) electrons. The van der Waals surface area contributed by atoms with Crippen molar-refractivity contribution in [2.45, 2.75) is 13.1 Å². The van der Waals surface area contributed by atoms with Crippen molar-refractivity contribution in [1.82, 2.24) is 4.98 Å². The molecule has 2 amide bonds. The lowest BCUT2D eigenvalue weighted by Gasteiger charge is -2.43. The van der Waals surface area contributed by atoms with Gasteiger partial charge in [-0.3, -0.25) is 19.4 Å². The van der Waals surface area contributed by atoms with Gasteiger partial charge >= 0.3 is 0 Å². The molecule has 1 aliphatic heterocycles. The summed E-state index contributed by atoms with van der Waals surface area (Å²) in [6.45, 7) is 1.51. The van der Waals surface area contributed by atoms with E-state index >= 15 is 0 Å². The van der Waals surface area contributed by atoms with Gasteiger partial charge < -0.3 is 4.90 Å². The van der Waals surface area contributed by atoms with Gasteiger partial charge in [-0.1, -0.05) is 54.1 Å². The summed E-state index contributed by atoms with van der Waals surface area (Å²) < 4.78 is 0. The number of thiazole rings is 1. The average molecular weight is 489 g/mol. The van der Waals surface area contributed by atoms with Crippen LogP contribution in [0.15, 0.2) is 84.2 Å². The van der Waals surface area contributed by atoms with Crippen LogP contribution >= 0.6 is 22.9 Å². The molecule has 0 saturated carbocycles. The van der Waals surface area contributed by atoms with E-state index < -0.39 is 6.17 Å². The van der Waals surface area contributed by atoms with Gasteiger partial charge in [-0.25, -0.2) is 4.98 Å². The Labute approximate surface area is 206 Å². The Morgan fingerprint density at radius 3 is 2.32 bits per heavy atom. The second kappa shape index (κ2) is 8.93. The number of amides is 2.